The molecule has 3 N–H and O–H groups in total. The molecule has 1 unspecified atom stereocenters. The van der Waals surface area contributed by atoms with Crippen LogP contribution < -0.4 is 20.9 Å². The molecule has 12 nitrogen and oxygen atoms in total. The zero-order valence-corrected chi connectivity index (χ0v) is 28.3. The van der Waals surface area contributed by atoms with Gasteiger partial charge in [-0.3, -0.25) is 34.5 Å². The van der Waals surface area contributed by atoms with Crippen molar-refractivity contribution >= 4 is 34.3 Å². The number of aryl methyl sites for hydroxylation is 1. The lowest BCUT2D eigenvalue weighted by Gasteiger charge is -2.37. The number of H-pyrrole nitrogens is 1. The maximum absolute atomic E-state index is 15.7. The topological polar surface area (TPSA) is 142 Å². The number of likely N-dealkylation sites (tertiary alicyclic amines) is 2. The monoisotopic (exact) mass is 683 g/mol. The molecule has 50 heavy (non-hydrogen) atoms. The highest BCUT2D eigenvalue weighted by Crippen LogP contribution is 2.35. The summed E-state index contributed by atoms with van der Waals surface area (Å²) in [4.78, 5) is 53.7. The van der Waals surface area contributed by atoms with Crippen LogP contribution >= 0.6 is 0 Å². The number of carbonyl (C=O) groups excluding carboxylic acids is 3. The highest BCUT2D eigenvalue weighted by molar-refractivity contribution is 6.01. The number of amides is 3. The van der Waals surface area contributed by atoms with E-state index in [4.69, 9.17) is 4.74 Å². The third-order valence-corrected chi connectivity index (χ3v) is 10.6. The van der Waals surface area contributed by atoms with Crippen LogP contribution in [0.1, 0.15) is 55.6 Å². The van der Waals surface area contributed by atoms with Crippen LogP contribution in [-0.4, -0.2) is 81.6 Å². The number of aromatic nitrogens is 3. The Morgan fingerprint density at radius 3 is 2.46 bits per heavy atom. The smallest absolute Gasteiger partial charge is 0.276 e. The number of piperidine rings is 3. The van der Waals surface area contributed by atoms with Crippen molar-refractivity contribution in [2.75, 3.05) is 38.6 Å². The van der Waals surface area contributed by atoms with Crippen LogP contribution in [0.3, 0.4) is 0 Å². The average molecular weight is 684 g/mol. The molecule has 0 bridgehead atoms. The summed E-state index contributed by atoms with van der Waals surface area (Å²) in [6.45, 7) is 3.18. The van der Waals surface area contributed by atoms with Crippen LogP contribution in [0.25, 0.3) is 22.0 Å². The van der Waals surface area contributed by atoms with Gasteiger partial charge in [-0.25, -0.2) is 4.39 Å². The van der Waals surface area contributed by atoms with E-state index in [1.54, 1.807) is 25.5 Å². The largest absolute Gasteiger partial charge is 0.496 e. The summed E-state index contributed by atoms with van der Waals surface area (Å²) in [7, 11) is 3.18. The highest BCUT2D eigenvalue weighted by Gasteiger charge is 2.32. The molecule has 0 spiro atoms. The van der Waals surface area contributed by atoms with Gasteiger partial charge in [0.2, 0.25) is 17.7 Å². The van der Waals surface area contributed by atoms with Gasteiger partial charge in [0.15, 0.2) is 0 Å². The summed E-state index contributed by atoms with van der Waals surface area (Å²) < 4.78 is 22.8. The molecule has 4 aromatic rings. The number of nitrogens with zero attached hydrogens (tertiary/aromatic N) is 4. The van der Waals surface area contributed by atoms with Gasteiger partial charge in [-0.2, -0.15) is 5.10 Å². The van der Waals surface area contributed by atoms with E-state index in [1.807, 2.05) is 17.0 Å². The third kappa shape index (κ3) is 6.74. The number of pyridine rings is 1. The Labute approximate surface area is 289 Å². The van der Waals surface area contributed by atoms with Crippen molar-refractivity contribution in [3.8, 4) is 16.9 Å². The standard InChI is InChI=1S/C37H42FN7O5/c1-43-20-28(27-19-39-42-34(27)37(43)49)25-17-30(38)29(32(18-25)50-2)21-44-13-9-24(10-14-44)36(48)45-15-11-23(12-16-45)22-3-5-26(6-4-22)40-31-7-8-33(46)41-35(31)47/h3-6,17-20,23-24,31,40H,7-16,21H2,1-2H3,(H,39,42)(H,41,46,47). The molecule has 2 aromatic carbocycles. The van der Waals surface area contributed by atoms with E-state index in [-0.39, 0.29) is 35.0 Å². The Morgan fingerprint density at radius 2 is 1.76 bits per heavy atom. The summed E-state index contributed by atoms with van der Waals surface area (Å²) in [5.41, 5.74) is 3.97. The Kier molecular flexibility index (Phi) is 9.41. The SMILES string of the molecule is COc1cc(-c2cn(C)c(=O)c3[nH]ncc23)cc(F)c1CN1CCC(C(=O)N2CCC(c3ccc(NC4CCC(=O)NC4=O)cc3)CC2)CC1. The minimum atomic E-state index is -0.413. The molecule has 5 heterocycles. The number of fused-ring (bicyclic) bond motifs is 1. The second-order valence-electron chi connectivity index (χ2n) is 13.7. The second-order valence-corrected chi connectivity index (χ2v) is 13.7. The molecule has 2 aromatic heterocycles. The van der Waals surface area contributed by atoms with Crippen LogP contribution in [-0.2, 0) is 28.0 Å². The normalized spacial score (nSPS) is 19.5. The van der Waals surface area contributed by atoms with E-state index in [0.717, 1.165) is 44.5 Å². The number of imide groups is 1. The third-order valence-electron chi connectivity index (χ3n) is 10.6. The number of halogens is 1. The van der Waals surface area contributed by atoms with Gasteiger partial charge in [-0.15, -0.1) is 0 Å². The van der Waals surface area contributed by atoms with Crippen LogP contribution in [0.5, 0.6) is 5.75 Å². The zero-order chi connectivity index (χ0) is 34.9. The molecule has 3 fully saturated rings. The Hall–Kier alpha value is -5.04. The number of hydrogen-bond acceptors (Lipinski definition) is 8. The molecule has 13 heteroatoms. The number of benzene rings is 2. The van der Waals surface area contributed by atoms with Crippen molar-refractivity contribution in [1.29, 1.82) is 0 Å². The zero-order valence-electron chi connectivity index (χ0n) is 28.3. The molecule has 0 radical (unpaired) electrons. The number of rotatable bonds is 8. The van der Waals surface area contributed by atoms with E-state index in [2.05, 4.69) is 37.9 Å². The van der Waals surface area contributed by atoms with Crippen molar-refractivity contribution in [1.82, 2.24) is 29.9 Å². The summed E-state index contributed by atoms with van der Waals surface area (Å²) >= 11 is 0. The number of carbonyl (C=O) groups is 3. The first-order valence-corrected chi connectivity index (χ1v) is 17.3. The van der Waals surface area contributed by atoms with Crippen LogP contribution in [0.4, 0.5) is 10.1 Å². The van der Waals surface area contributed by atoms with Gasteiger partial charge in [0.05, 0.1) is 13.3 Å². The average Bonchev–Trinajstić information content (AvgIpc) is 3.63. The van der Waals surface area contributed by atoms with E-state index in [0.29, 0.717) is 71.7 Å². The van der Waals surface area contributed by atoms with Crippen molar-refractivity contribution in [3.05, 3.63) is 76.1 Å². The highest BCUT2D eigenvalue weighted by atomic mass is 19.1. The summed E-state index contributed by atoms with van der Waals surface area (Å²) in [6.07, 6.45) is 7.30. The van der Waals surface area contributed by atoms with Gasteiger partial charge in [0.1, 0.15) is 23.1 Å². The lowest BCUT2D eigenvalue weighted by atomic mass is 9.88. The first kappa shape index (κ1) is 33.5. The fourth-order valence-corrected chi connectivity index (χ4v) is 7.62. The number of aromatic amines is 1. The van der Waals surface area contributed by atoms with Crippen LogP contribution in [0, 0.1) is 11.7 Å². The van der Waals surface area contributed by atoms with Gasteiger partial charge in [-0.1, -0.05) is 12.1 Å². The molecule has 3 aliphatic rings. The number of nitrogens with one attached hydrogen (secondary N) is 3. The first-order valence-electron chi connectivity index (χ1n) is 17.3. The molecule has 262 valence electrons. The predicted molar refractivity (Wildman–Crippen MR) is 186 cm³/mol. The van der Waals surface area contributed by atoms with Gasteiger partial charge >= 0.3 is 0 Å². The lowest BCUT2D eigenvalue weighted by molar-refractivity contribution is -0.138. The quantitative estimate of drug-likeness (QED) is 0.238. The number of ether oxygens (including phenoxy) is 1. The van der Waals surface area contributed by atoms with Gasteiger partial charge in [-0.05, 0) is 86.5 Å². The number of methoxy groups -OCH3 is 1. The molecule has 0 aliphatic carbocycles. The minimum absolute atomic E-state index is 0.0448. The molecule has 7 rings (SSSR count). The Bertz CT molecular complexity index is 1970. The molecular formula is C37H42FN7O5. The van der Waals surface area contributed by atoms with Gasteiger partial charge < -0.3 is 19.5 Å². The lowest BCUT2D eigenvalue weighted by Crippen LogP contribution is -2.47. The predicted octanol–water partition coefficient (Wildman–Crippen LogP) is 3.91. The number of hydrogen-bond donors (Lipinski definition) is 3. The van der Waals surface area contributed by atoms with Crippen molar-refractivity contribution in [2.24, 2.45) is 13.0 Å². The summed E-state index contributed by atoms with van der Waals surface area (Å²) in [5.74, 6) is 0.0654. The fraction of sp³-hybridized carbons (Fsp3) is 0.432. The fourth-order valence-electron chi connectivity index (χ4n) is 7.62. The van der Waals surface area contributed by atoms with Gasteiger partial charge in [0, 0.05) is 67.4 Å². The number of anilines is 1. The summed E-state index contributed by atoms with van der Waals surface area (Å²) in [5, 5.41) is 13.0. The Morgan fingerprint density at radius 1 is 1.02 bits per heavy atom. The van der Waals surface area contributed by atoms with Crippen LogP contribution in [0.2, 0.25) is 0 Å². The second kappa shape index (κ2) is 14.1. The molecule has 1 atom stereocenters. The van der Waals surface area contributed by atoms with E-state index >= 15 is 4.39 Å². The molecule has 3 saturated heterocycles. The first-order chi connectivity index (χ1) is 24.2. The van der Waals surface area contributed by atoms with Gasteiger partial charge in [0.25, 0.3) is 5.56 Å². The van der Waals surface area contributed by atoms with Crippen LogP contribution in [0.15, 0.2) is 53.6 Å². The maximum atomic E-state index is 15.7. The molecule has 3 amide bonds. The van der Waals surface area contributed by atoms with E-state index in [1.165, 1.54) is 23.3 Å². The van der Waals surface area contributed by atoms with Crippen molar-refractivity contribution in [3.63, 3.8) is 0 Å². The minimum Gasteiger partial charge on any atom is -0.496 e. The Balaban J connectivity index is 0.914. The van der Waals surface area contributed by atoms with E-state index in [9.17, 15) is 19.2 Å². The van der Waals surface area contributed by atoms with Crippen molar-refractivity contribution in [2.45, 2.75) is 57.0 Å². The summed E-state index contributed by atoms with van der Waals surface area (Å²) in [6, 6.07) is 11.0. The van der Waals surface area contributed by atoms with E-state index < -0.39 is 6.04 Å². The maximum Gasteiger partial charge on any atom is 0.276 e. The molecular weight excluding hydrogens is 641 g/mol. The van der Waals surface area contributed by atoms with Crippen molar-refractivity contribution < 1.29 is 23.5 Å². The molecule has 0 saturated carbocycles. The molecule has 3 aliphatic heterocycles.